The van der Waals surface area contributed by atoms with Crippen LogP contribution < -0.4 is 5.32 Å². The van der Waals surface area contributed by atoms with Gasteiger partial charge in [0.2, 0.25) is 0 Å². The van der Waals surface area contributed by atoms with Crippen molar-refractivity contribution in [3.05, 3.63) is 0 Å². The molecule has 1 N–H and O–H groups in total. The average molecular weight is 180 g/mol. The quantitative estimate of drug-likeness (QED) is 0.678. The minimum Gasteiger partial charge on any atom is -0.310 e. The van der Waals surface area contributed by atoms with Gasteiger partial charge in [-0.05, 0) is 19.8 Å². The molecule has 0 radical (unpaired) electrons. The Morgan fingerprint density at radius 2 is 1.92 bits per heavy atom. The van der Waals surface area contributed by atoms with Crippen molar-refractivity contribution in [2.45, 2.75) is 64.0 Å². The van der Waals surface area contributed by atoms with Crippen LogP contribution in [0.3, 0.4) is 0 Å². The molecular formula is C11H20N2. The zero-order valence-corrected chi connectivity index (χ0v) is 8.55. The first kappa shape index (κ1) is 10.5. The standard InChI is InChI=1S/C11H20N2/c1-10(8-9-12)13-11-6-4-2-3-5-7-11/h10-11,13H,2-8H2,1H3/t10-/m0/s1. The van der Waals surface area contributed by atoms with E-state index in [4.69, 9.17) is 5.26 Å². The zero-order valence-electron chi connectivity index (χ0n) is 8.55. The van der Waals surface area contributed by atoms with Crippen molar-refractivity contribution < 1.29 is 0 Å². The summed E-state index contributed by atoms with van der Waals surface area (Å²) in [6.07, 6.45) is 8.74. The molecule has 0 unspecified atom stereocenters. The number of nitrogens with one attached hydrogen (secondary N) is 1. The normalized spacial score (nSPS) is 21.8. The molecule has 1 rings (SSSR count). The van der Waals surface area contributed by atoms with E-state index in [-0.39, 0.29) is 0 Å². The van der Waals surface area contributed by atoms with E-state index in [1.54, 1.807) is 0 Å². The monoisotopic (exact) mass is 180 g/mol. The molecular weight excluding hydrogens is 160 g/mol. The Bertz CT molecular complexity index is 163. The van der Waals surface area contributed by atoms with E-state index >= 15 is 0 Å². The molecule has 13 heavy (non-hydrogen) atoms. The molecule has 0 aromatic carbocycles. The summed E-state index contributed by atoms with van der Waals surface area (Å²) in [5.74, 6) is 0. The van der Waals surface area contributed by atoms with Crippen LogP contribution in [-0.2, 0) is 0 Å². The molecule has 1 saturated carbocycles. The van der Waals surface area contributed by atoms with Gasteiger partial charge in [-0.2, -0.15) is 5.26 Å². The molecule has 2 nitrogen and oxygen atoms in total. The number of hydrogen-bond acceptors (Lipinski definition) is 2. The Hall–Kier alpha value is -0.550. The minimum atomic E-state index is 0.369. The van der Waals surface area contributed by atoms with Crippen LogP contribution in [0.1, 0.15) is 51.9 Å². The molecule has 1 aliphatic rings. The van der Waals surface area contributed by atoms with Crippen LogP contribution in [0.25, 0.3) is 0 Å². The molecule has 1 atom stereocenters. The van der Waals surface area contributed by atoms with Crippen molar-refractivity contribution in [2.24, 2.45) is 0 Å². The van der Waals surface area contributed by atoms with E-state index in [2.05, 4.69) is 18.3 Å². The molecule has 0 heterocycles. The van der Waals surface area contributed by atoms with E-state index in [1.165, 1.54) is 38.5 Å². The van der Waals surface area contributed by atoms with Gasteiger partial charge in [-0.15, -0.1) is 0 Å². The van der Waals surface area contributed by atoms with Gasteiger partial charge in [-0.25, -0.2) is 0 Å². The summed E-state index contributed by atoms with van der Waals surface area (Å²) in [7, 11) is 0. The number of nitrogens with zero attached hydrogens (tertiary/aromatic N) is 1. The summed E-state index contributed by atoms with van der Waals surface area (Å²) in [5.41, 5.74) is 0. The SMILES string of the molecule is C[C@@H](CC#N)NC1CCCCCC1. The van der Waals surface area contributed by atoms with E-state index in [0.717, 1.165) is 0 Å². The van der Waals surface area contributed by atoms with Gasteiger partial charge in [-0.1, -0.05) is 25.7 Å². The van der Waals surface area contributed by atoms with E-state index in [1.807, 2.05) is 0 Å². The highest BCUT2D eigenvalue weighted by atomic mass is 14.9. The molecule has 0 amide bonds. The summed E-state index contributed by atoms with van der Waals surface area (Å²) in [4.78, 5) is 0. The van der Waals surface area contributed by atoms with Crippen LogP contribution in [0.4, 0.5) is 0 Å². The van der Waals surface area contributed by atoms with Gasteiger partial charge >= 0.3 is 0 Å². The van der Waals surface area contributed by atoms with E-state index in [9.17, 15) is 0 Å². The third kappa shape index (κ3) is 4.28. The lowest BCUT2D eigenvalue weighted by Gasteiger charge is -2.19. The summed E-state index contributed by atoms with van der Waals surface area (Å²) in [6.45, 7) is 2.11. The minimum absolute atomic E-state index is 0.369. The average Bonchev–Trinajstić information content (AvgIpc) is 2.33. The second-order valence-corrected chi connectivity index (χ2v) is 4.12. The van der Waals surface area contributed by atoms with Gasteiger partial charge in [0.15, 0.2) is 0 Å². The zero-order chi connectivity index (χ0) is 9.52. The molecule has 1 aliphatic carbocycles. The summed E-state index contributed by atoms with van der Waals surface area (Å²) in [5, 5.41) is 12.1. The summed E-state index contributed by atoms with van der Waals surface area (Å²) >= 11 is 0. The number of nitriles is 1. The van der Waals surface area contributed by atoms with Gasteiger partial charge in [0.25, 0.3) is 0 Å². The van der Waals surface area contributed by atoms with Crippen molar-refractivity contribution >= 4 is 0 Å². The maximum atomic E-state index is 8.53. The maximum Gasteiger partial charge on any atom is 0.0638 e. The first-order chi connectivity index (χ1) is 6.33. The Labute approximate surface area is 81.3 Å². The first-order valence-electron chi connectivity index (χ1n) is 5.46. The third-order valence-corrected chi connectivity index (χ3v) is 2.77. The Kier molecular flexibility index (Phi) is 4.85. The third-order valence-electron chi connectivity index (χ3n) is 2.77. The van der Waals surface area contributed by atoms with Crippen molar-refractivity contribution in [3.8, 4) is 6.07 Å². The Morgan fingerprint density at radius 3 is 2.46 bits per heavy atom. The predicted molar refractivity (Wildman–Crippen MR) is 54.3 cm³/mol. The summed E-state index contributed by atoms with van der Waals surface area (Å²) in [6, 6.07) is 3.25. The van der Waals surface area contributed by atoms with Gasteiger partial charge in [0.1, 0.15) is 0 Å². The highest BCUT2D eigenvalue weighted by Gasteiger charge is 2.13. The topological polar surface area (TPSA) is 35.8 Å². The maximum absolute atomic E-state index is 8.53. The second-order valence-electron chi connectivity index (χ2n) is 4.12. The highest BCUT2D eigenvalue weighted by Crippen LogP contribution is 2.17. The van der Waals surface area contributed by atoms with Crippen LogP contribution in [0.15, 0.2) is 0 Å². The molecule has 74 valence electrons. The fourth-order valence-corrected chi connectivity index (χ4v) is 2.04. The molecule has 0 saturated heterocycles. The van der Waals surface area contributed by atoms with Crippen LogP contribution >= 0.6 is 0 Å². The lowest BCUT2D eigenvalue weighted by molar-refractivity contribution is 0.410. The smallest absolute Gasteiger partial charge is 0.0638 e. The van der Waals surface area contributed by atoms with Crippen molar-refractivity contribution in [1.82, 2.24) is 5.32 Å². The first-order valence-corrected chi connectivity index (χ1v) is 5.46. The molecule has 0 aromatic heterocycles. The molecule has 0 spiro atoms. The van der Waals surface area contributed by atoms with Gasteiger partial charge in [0, 0.05) is 12.1 Å². The number of hydrogen-bond donors (Lipinski definition) is 1. The molecule has 2 heteroatoms. The molecule has 0 aliphatic heterocycles. The largest absolute Gasteiger partial charge is 0.310 e. The molecule has 0 aromatic rings. The summed E-state index contributed by atoms with van der Waals surface area (Å²) < 4.78 is 0. The van der Waals surface area contributed by atoms with E-state index in [0.29, 0.717) is 18.5 Å². The van der Waals surface area contributed by atoms with Crippen molar-refractivity contribution in [3.63, 3.8) is 0 Å². The lowest BCUT2D eigenvalue weighted by atomic mass is 10.1. The lowest BCUT2D eigenvalue weighted by Crippen LogP contribution is -2.35. The van der Waals surface area contributed by atoms with Gasteiger partial charge in [0.05, 0.1) is 12.5 Å². The predicted octanol–water partition coefficient (Wildman–Crippen LogP) is 2.60. The van der Waals surface area contributed by atoms with Crippen molar-refractivity contribution in [1.29, 1.82) is 5.26 Å². The van der Waals surface area contributed by atoms with Crippen LogP contribution in [0.5, 0.6) is 0 Å². The van der Waals surface area contributed by atoms with E-state index < -0.39 is 0 Å². The Morgan fingerprint density at radius 1 is 1.31 bits per heavy atom. The van der Waals surface area contributed by atoms with Crippen LogP contribution in [0, 0.1) is 11.3 Å². The van der Waals surface area contributed by atoms with Crippen molar-refractivity contribution in [2.75, 3.05) is 0 Å². The van der Waals surface area contributed by atoms with Crippen LogP contribution in [-0.4, -0.2) is 12.1 Å². The second kappa shape index (κ2) is 5.99. The molecule has 0 bridgehead atoms. The van der Waals surface area contributed by atoms with Gasteiger partial charge < -0.3 is 5.32 Å². The molecule has 1 fully saturated rings. The number of rotatable bonds is 3. The fraction of sp³-hybridized carbons (Fsp3) is 0.909. The van der Waals surface area contributed by atoms with Crippen LogP contribution in [0.2, 0.25) is 0 Å². The Balaban J connectivity index is 2.22. The fourth-order valence-electron chi connectivity index (χ4n) is 2.04. The highest BCUT2D eigenvalue weighted by molar-refractivity contribution is 4.81. The van der Waals surface area contributed by atoms with Gasteiger partial charge in [-0.3, -0.25) is 0 Å².